The van der Waals surface area contributed by atoms with Crippen molar-refractivity contribution in [3.8, 4) is 11.5 Å². The van der Waals surface area contributed by atoms with E-state index in [0.29, 0.717) is 6.61 Å². The van der Waals surface area contributed by atoms with Crippen molar-refractivity contribution in [3.63, 3.8) is 0 Å². The van der Waals surface area contributed by atoms with Crippen LogP contribution in [0.15, 0.2) is 24.3 Å². The van der Waals surface area contributed by atoms with Gasteiger partial charge in [0.15, 0.2) is 11.5 Å². The molecule has 1 aliphatic rings. The van der Waals surface area contributed by atoms with Crippen molar-refractivity contribution in [2.24, 2.45) is 0 Å². The van der Waals surface area contributed by atoms with E-state index in [2.05, 4.69) is 0 Å². The van der Waals surface area contributed by atoms with Crippen LogP contribution in [0.1, 0.15) is 0 Å². The third-order valence-electron chi connectivity index (χ3n) is 1.90. The average Bonchev–Trinajstić information content (AvgIpc) is 2.18. The first-order valence-electron chi connectivity index (χ1n) is 4.23. The van der Waals surface area contributed by atoms with Crippen molar-refractivity contribution < 1.29 is 14.6 Å². The van der Waals surface area contributed by atoms with Gasteiger partial charge in [0.25, 0.3) is 0 Å². The molecule has 1 unspecified atom stereocenters. The highest BCUT2D eigenvalue weighted by molar-refractivity contribution is 5.40. The number of aliphatic hydroxyl groups excluding tert-OH is 1. The number of fused-ring (bicyclic) bond motifs is 1. The zero-order chi connectivity index (χ0) is 9.10. The number of rotatable bonds is 2. The van der Waals surface area contributed by atoms with Gasteiger partial charge >= 0.3 is 0 Å². The Bertz CT molecular complexity index is 285. The monoisotopic (exact) mass is 179 g/mol. The number of aliphatic hydroxyl groups is 1. The van der Waals surface area contributed by atoms with E-state index in [1.165, 1.54) is 0 Å². The molecule has 1 N–H and O–H groups in total. The molecule has 0 saturated carbocycles. The summed E-state index contributed by atoms with van der Waals surface area (Å²) in [5.41, 5.74) is 0. The highest BCUT2D eigenvalue weighted by atomic mass is 16.6. The first kappa shape index (κ1) is 8.38. The summed E-state index contributed by atoms with van der Waals surface area (Å²) < 4.78 is 11.0. The van der Waals surface area contributed by atoms with Crippen LogP contribution in [0.5, 0.6) is 11.5 Å². The zero-order valence-corrected chi connectivity index (χ0v) is 7.14. The normalized spacial score (nSPS) is 19.9. The molecule has 3 heteroatoms. The van der Waals surface area contributed by atoms with Gasteiger partial charge in [-0.25, -0.2) is 0 Å². The smallest absolute Gasteiger partial charge is 0.161 e. The third-order valence-corrected chi connectivity index (χ3v) is 1.90. The molecule has 2 rings (SSSR count). The summed E-state index contributed by atoms with van der Waals surface area (Å²) in [6, 6.07) is 7.51. The number of para-hydroxylation sites is 2. The molecule has 0 aromatic heterocycles. The molecule has 3 nitrogen and oxygen atoms in total. The summed E-state index contributed by atoms with van der Waals surface area (Å²) in [6.07, 6.45) is 1.54. The fourth-order valence-electron chi connectivity index (χ4n) is 1.27. The summed E-state index contributed by atoms with van der Waals surface area (Å²) >= 11 is 0. The second-order valence-corrected chi connectivity index (χ2v) is 2.83. The van der Waals surface area contributed by atoms with E-state index in [9.17, 15) is 0 Å². The fourth-order valence-corrected chi connectivity index (χ4v) is 1.27. The second-order valence-electron chi connectivity index (χ2n) is 2.83. The molecular weight excluding hydrogens is 168 g/mol. The van der Waals surface area contributed by atoms with E-state index in [1.807, 2.05) is 24.3 Å². The lowest BCUT2D eigenvalue weighted by Gasteiger charge is -2.25. The van der Waals surface area contributed by atoms with Crippen LogP contribution in [0.4, 0.5) is 0 Å². The van der Waals surface area contributed by atoms with Crippen LogP contribution in [-0.2, 0) is 0 Å². The lowest BCUT2D eigenvalue weighted by molar-refractivity contribution is 0.103. The summed E-state index contributed by atoms with van der Waals surface area (Å²) in [5, 5.41) is 8.68. The van der Waals surface area contributed by atoms with Crippen molar-refractivity contribution in [1.29, 1.82) is 0 Å². The Morgan fingerprint density at radius 3 is 2.92 bits per heavy atom. The Kier molecular flexibility index (Phi) is 2.36. The van der Waals surface area contributed by atoms with E-state index < -0.39 is 0 Å². The minimum atomic E-state index is -0.139. The minimum Gasteiger partial charge on any atom is -0.486 e. The van der Waals surface area contributed by atoms with E-state index in [0.717, 1.165) is 11.5 Å². The predicted octanol–water partition coefficient (Wildman–Crippen LogP) is 1.02. The Morgan fingerprint density at radius 1 is 1.38 bits per heavy atom. The van der Waals surface area contributed by atoms with Crippen molar-refractivity contribution in [3.05, 3.63) is 30.7 Å². The Labute approximate surface area is 76.9 Å². The number of hydrogen-bond acceptors (Lipinski definition) is 3. The zero-order valence-electron chi connectivity index (χ0n) is 7.14. The molecule has 0 fully saturated rings. The molecule has 0 saturated heterocycles. The molecule has 1 heterocycles. The molecule has 69 valence electrons. The van der Waals surface area contributed by atoms with Gasteiger partial charge in [0.05, 0.1) is 6.61 Å². The van der Waals surface area contributed by atoms with E-state index in [4.69, 9.17) is 14.6 Å². The Morgan fingerprint density at radius 2 is 2.15 bits per heavy atom. The van der Waals surface area contributed by atoms with Crippen LogP contribution in [0, 0.1) is 6.42 Å². The largest absolute Gasteiger partial charge is 0.486 e. The third kappa shape index (κ3) is 1.75. The lowest BCUT2D eigenvalue weighted by atomic mass is 10.2. The fraction of sp³-hybridized carbons (Fsp3) is 0.300. The molecule has 1 aromatic carbocycles. The minimum absolute atomic E-state index is 0.0101. The Balaban J connectivity index is 2.11. The van der Waals surface area contributed by atoms with Crippen LogP contribution >= 0.6 is 0 Å². The summed E-state index contributed by atoms with van der Waals surface area (Å²) in [6.45, 7) is 0.480. The van der Waals surface area contributed by atoms with Crippen LogP contribution in [0.2, 0.25) is 0 Å². The van der Waals surface area contributed by atoms with E-state index in [-0.39, 0.29) is 12.7 Å². The lowest BCUT2D eigenvalue weighted by Crippen LogP contribution is -2.30. The van der Waals surface area contributed by atoms with Crippen LogP contribution < -0.4 is 9.47 Å². The molecule has 13 heavy (non-hydrogen) atoms. The maximum atomic E-state index is 8.68. The van der Waals surface area contributed by atoms with Crippen LogP contribution in [0.25, 0.3) is 0 Å². The first-order chi connectivity index (χ1) is 6.40. The van der Waals surface area contributed by atoms with Gasteiger partial charge in [-0.15, -0.1) is 0 Å². The molecule has 1 atom stereocenters. The summed E-state index contributed by atoms with van der Waals surface area (Å²) in [4.78, 5) is 0. The van der Waals surface area contributed by atoms with Gasteiger partial charge in [0, 0.05) is 6.42 Å². The first-order valence-corrected chi connectivity index (χ1v) is 4.23. The molecule has 0 aliphatic carbocycles. The maximum absolute atomic E-state index is 8.68. The SMILES string of the molecule is OC[CH]C1COc2ccccc2O1. The van der Waals surface area contributed by atoms with Gasteiger partial charge in [0.1, 0.15) is 12.7 Å². The van der Waals surface area contributed by atoms with Crippen molar-refractivity contribution >= 4 is 0 Å². The van der Waals surface area contributed by atoms with Gasteiger partial charge < -0.3 is 14.6 Å². The van der Waals surface area contributed by atoms with Crippen molar-refractivity contribution in [2.75, 3.05) is 13.2 Å². The van der Waals surface area contributed by atoms with Gasteiger partial charge in [0.2, 0.25) is 0 Å². The van der Waals surface area contributed by atoms with E-state index in [1.54, 1.807) is 6.42 Å². The summed E-state index contributed by atoms with van der Waals surface area (Å²) in [7, 11) is 0. The topological polar surface area (TPSA) is 38.7 Å². The molecule has 1 radical (unpaired) electrons. The molecule has 0 bridgehead atoms. The molecule has 1 aromatic rings. The number of hydrogen-bond donors (Lipinski definition) is 1. The summed E-state index contributed by atoms with van der Waals surface area (Å²) in [5.74, 6) is 1.51. The van der Waals surface area contributed by atoms with Crippen molar-refractivity contribution in [1.82, 2.24) is 0 Å². The molecule has 1 aliphatic heterocycles. The quantitative estimate of drug-likeness (QED) is 0.736. The average molecular weight is 179 g/mol. The second kappa shape index (κ2) is 3.66. The maximum Gasteiger partial charge on any atom is 0.161 e. The van der Waals surface area contributed by atoms with Crippen molar-refractivity contribution in [2.45, 2.75) is 6.10 Å². The van der Waals surface area contributed by atoms with Gasteiger partial charge in [-0.1, -0.05) is 12.1 Å². The predicted molar refractivity (Wildman–Crippen MR) is 47.7 cm³/mol. The number of ether oxygens (including phenoxy) is 2. The standard InChI is InChI=1S/C10H11O3/c11-6-5-8-7-12-9-3-1-2-4-10(9)13-8/h1-5,8,11H,6-7H2. The van der Waals surface area contributed by atoms with Crippen LogP contribution in [0.3, 0.4) is 0 Å². The van der Waals surface area contributed by atoms with Gasteiger partial charge in [-0.05, 0) is 12.1 Å². The van der Waals surface area contributed by atoms with Gasteiger partial charge in [-0.3, -0.25) is 0 Å². The van der Waals surface area contributed by atoms with E-state index >= 15 is 0 Å². The molecular formula is C10H11O3. The van der Waals surface area contributed by atoms with Gasteiger partial charge in [-0.2, -0.15) is 0 Å². The number of benzene rings is 1. The molecule has 0 amide bonds. The molecule has 0 spiro atoms. The Hall–Kier alpha value is -1.22. The highest BCUT2D eigenvalue weighted by Crippen LogP contribution is 2.31. The highest BCUT2D eigenvalue weighted by Gasteiger charge is 2.19. The van der Waals surface area contributed by atoms with Crippen LogP contribution in [-0.4, -0.2) is 24.4 Å².